The fourth-order valence-corrected chi connectivity index (χ4v) is 1.55. The van der Waals surface area contributed by atoms with Gasteiger partial charge < -0.3 is 20.1 Å². The lowest BCUT2D eigenvalue weighted by atomic mass is 10.1. The molecule has 0 aliphatic carbocycles. The molecule has 2 N–H and O–H groups in total. The number of carbonyl (C=O) groups is 1. The Bertz CT molecular complexity index is 260. The standard InChI is InChI=1S/C14H30N2O3/c1-7-18-14(5,6)11-15-9-8-10-16-12(17)19-13(2,3)4/h15H,7-11H2,1-6H3,(H,16,17). The number of amides is 1. The first-order valence-corrected chi connectivity index (χ1v) is 6.98. The third kappa shape index (κ3) is 12.0. The molecule has 0 heterocycles. The predicted molar refractivity (Wildman–Crippen MR) is 77.4 cm³/mol. The molecule has 0 radical (unpaired) electrons. The van der Waals surface area contributed by atoms with Crippen LogP contribution in [-0.4, -0.2) is 43.5 Å². The first kappa shape index (κ1) is 18.2. The summed E-state index contributed by atoms with van der Waals surface area (Å²) >= 11 is 0. The van der Waals surface area contributed by atoms with Crippen LogP contribution in [0.15, 0.2) is 0 Å². The van der Waals surface area contributed by atoms with E-state index >= 15 is 0 Å². The summed E-state index contributed by atoms with van der Waals surface area (Å²) in [6.07, 6.45) is 0.503. The molecule has 0 saturated heterocycles. The van der Waals surface area contributed by atoms with Crippen LogP contribution in [0.25, 0.3) is 0 Å². The lowest BCUT2D eigenvalue weighted by molar-refractivity contribution is -0.00869. The number of alkyl carbamates (subject to hydrolysis) is 1. The molecule has 0 aromatic rings. The molecule has 0 bridgehead atoms. The maximum atomic E-state index is 11.4. The van der Waals surface area contributed by atoms with E-state index in [1.165, 1.54) is 0 Å². The highest BCUT2D eigenvalue weighted by molar-refractivity contribution is 5.67. The zero-order chi connectivity index (χ0) is 14.9. The second-order valence-corrected chi connectivity index (χ2v) is 6.15. The number of nitrogens with one attached hydrogen (secondary N) is 2. The van der Waals surface area contributed by atoms with Crippen LogP contribution in [0.5, 0.6) is 0 Å². The first-order valence-electron chi connectivity index (χ1n) is 6.98. The summed E-state index contributed by atoms with van der Waals surface area (Å²) in [5.74, 6) is 0. The quantitative estimate of drug-likeness (QED) is 0.667. The molecule has 1 amide bonds. The molecule has 0 unspecified atom stereocenters. The lowest BCUT2D eigenvalue weighted by Crippen LogP contribution is -2.39. The number of hydrogen-bond acceptors (Lipinski definition) is 4. The van der Waals surface area contributed by atoms with Gasteiger partial charge in [0.1, 0.15) is 5.60 Å². The predicted octanol–water partition coefficient (Wildman–Crippen LogP) is 2.31. The van der Waals surface area contributed by atoms with Crippen molar-refractivity contribution < 1.29 is 14.3 Å². The Balaban J connectivity index is 3.53. The van der Waals surface area contributed by atoms with E-state index < -0.39 is 5.60 Å². The minimum atomic E-state index is -0.441. The highest BCUT2D eigenvalue weighted by Crippen LogP contribution is 2.07. The van der Waals surface area contributed by atoms with Gasteiger partial charge in [-0.2, -0.15) is 0 Å². The molecule has 19 heavy (non-hydrogen) atoms. The van der Waals surface area contributed by atoms with Gasteiger partial charge in [-0.1, -0.05) is 0 Å². The SMILES string of the molecule is CCOC(C)(C)CNCCCNC(=O)OC(C)(C)C. The van der Waals surface area contributed by atoms with Crippen LogP contribution in [-0.2, 0) is 9.47 Å². The van der Waals surface area contributed by atoms with Crippen molar-refractivity contribution in [2.24, 2.45) is 0 Å². The second-order valence-electron chi connectivity index (χ2n) is 6.15. The van der Waals surface area contributed by atoms with Gasteiger partial charge in [-0.05, 0) is 54.5 Å². The molecule has 0 aromatic heterocycles. The van der Waals surface area contributed by atoms with Gasteiger partial charge in [0.15, 0.2) is 0 Å². The Morgan fingerprint density at radius 2 is 1.74 bits per heavy atom. The second kappa shape index (κ2) is 8.38. The van der Waals surface area contributed by atoms with Crippen LogP contribution in [0.1, 0.15) is 48.0 Å². The van der Waals surface area contributed by atoms with Gasteiger partial charge in [0, 0.05) is 19.7 Å². The first-order chi connectivity index (χ1) is 8.66. The van der Waals surface area contributed by atoms with Gasteiger partial charge in [-0.3, -0.25) is 0 Å². The summed E-state index contributed by atoms with van der Waals surface area (Å²) in [6.45, 7) is 14.6. The van der Waals surface area contributed by atoms with Crippen molar-refractivity contribution in [3.63, 3.8) is 0 Å². The minimum Gasteiger partial charge on any atom is -0.444 e. The van der Waals surface area contributed by atoms with Gasteiger partial charge in [0.05, 0.1) is 5.60 Å². The molecular weight excluding hydrogens is 244 g/mol. The third-order valence-corrected chi connectivity index (χ3v) is 2.28. The number of carbonyl (C=O) groups excluding carboxylic acids is 1. The van der Waals surface area contributed by atoms with Crippen molar-refractivity contribution in [2.75, 3.05) is 26.2 Å². The molecule has 114 valence electrons. The van der Waals surface area contributed by atoms with Crippen molar-refractivity contribution in [1.82, 2.24) is 10.6 Å². The van der Waals surface area contributed by atoms with Crippen LogP contribution in [0, 0.1) is 0 Å². The molecule has 0 rings (SSSR count). The Kier molecular flexibility index (Phi) is 8.02. The number of ether oxygens (including phenoxy) is 2. The van der Waals surface area contributed by atoms with E-state index in [1.807, 2.05) is 27.7 Å². The normalized spacial score (nSPS) is 12.3. The Morgan fingerprint density at radius 1 is 1.11 bits per heavy atom. The summed E-state index contributed by atoms with van der Waals surface area (Å²) in [5.41, 5.74) is -0.586. The summed E-state index contributed by atoms with van der Waals surface area (Å²) in [7, 11) is 0. The Labute approximate surface area is 117 Å². The van der Waals surface area contributed by atoms with Crippen molar-refractivity contribution in [3.05, 3.63) is 0 Å². The average Bonchev–Trinajstić information content (AvgIpc) is 2.20. The summed E-state index contributed by atoms with van der Waals surface area (Å²) in [4.78, 5) is 11.4. The maximum Gasteiger partial charge on any atom is 0.407 e. The highest BCUT2D eigenvalue weighted by atomic mass is 16.6. The van der Waals surface area contributed by atoms with Crippen LogP contribution in [0.2, 0.25) is 0 Å². The van der Waals surface area contributed by atoms with E-state index in [4.69, 9.17) is 9.47 Å². The van der Waals surface area contributed by atoms with Gasteiger partial charge >= 0.3 is 6.09 Å². The van der Waals surface area contributed by atoms with E-state index in [2.05, 4.69) is 24.5 Å². The zero-order valence-corrected chi connectivity index (χ0v) is 13.3. The van der Waals surface area contributed by atoms with Gasteiger partial charge in [-0.15, -0.1) is 0 Å². The molecule has 0 fully saturated rings. The molecule has 5 heteroatoms. The maximum absolute atomic E-state index is 11.4. The summed E-state index contributed by atoms with van der Waals surface area (Å²) in [6, 6.07) is 0. The minimum absolute atomic E-state index is 0.145. The Hall–Kier alpha value is -0.810. The molecule has 5 nitrogen and oxygen atoms in total. The lowest BCUT2D eigenvalue weighted by Gasteiger charge is -2.25. The van der Waals surface area contributed by atoms with Crippen LogP contribution >= 0.6 is 0 Å². The van der Waals surface area contributed by atoms with Gasteiger partial charge in [-0.25, -0.2) is 4.79 Å². The molecule has 0 aliphatic rings. The summed E-state index contributed by atoms with van der Waals surface area (Å²) in [5, 5.41) is 6.04. The molecule has 0 atom stereocenters. The van der Waals surface area contributed by atoms with Crippen molar-refractivity contribution in [3.8, 4) is 0 Å². The Morgan fingerprint density at radius 3 is 2.26 bits per heavy atom. The van der Waals surface area contributed by atoms with Crippen LogP contribution in [0.4, 0.5) is 4.79 Å². The summed E-state index contributed by atoms with van der Waals surface area (Å²) < 4.78 is 10.7. The van der Waals surface area contributed by atoms with E-state index in [1.54, 1.807) is 0 Å². The average molecular weight is 274 g/mol. The van der Waals surface area contributed by atoms with Crippen molar-refractivity contribution in [2.45, 2.75) is 59.2 Å². The molecule has 0 spiro atoms. The van der Waals surface area contributed by atoms with Gasteiger partial charge in [0.25, 0.3) is 0 Å². The highest BCUT2D eigenvalue weighted by Gasteiger charge is 2.17. The van der Waals surface area contributed by atoms with Crippen molar-refractivity contribution in [1.29, 1.82) is 0 Å². The van der Waals surface area contributed by atoms with Crippen molar-refractivity contribution >= 4 is 6.09 Å². The zero-order valence-electron chi connectivity index (χ0n) is 13.3. The topological polar surface area (TPSA) is 59.6 Å². The van der Waals surface area contributed by atoms with E-state index in [-0.39, 0.29) is 11.7 Å². The number of hydrogen-bond donors (Lipinski definition) is 2. The van der Waals surface area contributed by atoms with Gasteiger partial charge in [0.2, 0.25) is 0 Å². The fraction of sp³-hybridized carbons (Fsp3) is 0.929. The smallest absolute Gasteiger partial charge is 0.407 e. The van der Waals surface area contributed by atoms with E-state index in [0.29, 0.717) is 6.54 Å². The van der Waals surface area contributed by atoms with Crippen LogP contribution in [0.3, 0.4) is 0 Å². The van der Waals surface area contributed by atoms with E-state index in [9.17, 15) is 4.79 Å². The molecule has 0 aliphatic heterocycles. The largest absolute Gasteiger partial charge is 0.444 e. The number of rotatable bonds is 8. The monoisotopic (exact) mass is 274 g/mol. The fourth-order valence-electron chi connectivity index (χ4n) is 1.55. The molecule has 0 saturated carbocycles. The van der Waals surface area contributed by atoms with E-state index in [0.717, 1.165) is 26.1 Å². The molecular formula is C14H30N2O3. The molecule has 0 aromatic carbocycles. The third-order valence-electron chi connectivity index (χ3n) is 2.28. The van der Waals surface area contributed by atoms with Crippen LogP contribution < -0.4 is 10.6 Å².